The second-order valence-corrected chi connectivity index (χ2v) is 43.9. The molecule has 0 bridgehead atoms. The molecule has 0 aliphatic heterocycles. The molecule has 0 saturated carbocycles. The Bertz CT molecular complexity index is 722. The molecule has 0 spiro atoms. The van der Waals surface area contributed by atoms with Crippen LogP contribution in [0.15, 0.2) is 0 Å². The molecule has 0 heterocycles. The molecule has 0 N–H and O–H groups in total. The predicted molar refractivity (Wildman–Crippen MR) is 174 cm³/mol. The zero-order valence-corrected chi connectivity index (χ0v) is 32.8. The van der Waals surface area contributed by atoms with Gasteiger partial charge in [-0.05, 0) is 32.0 Å². The molecular formula is C24H60N2P2SSi4. The highest BCUT2D eigenvalue weighted by molar-refractivity contribution is 8.19. The lowest BCUT2D eigenvalue weighted by atomic mass is 10.2. The van der Waals surface area contributed by atoms with Crippen LogP contribution in [0.3, 0.4) is 0 Å². The zero-order chi connectivity index (χ0) is 27.4. The largest absolute Gasteiger partial charge is 0.293 e. The summed E-state index contributed by atoms with van der Waals surface area (Å²) in [5.41, 5.74) is 0. The van der Waals surface area contributed by atoms with Crippen LogP contribution in [-0.2, 0) is 11.8 Å². The van der Waals surface area contributed by atoms with Crippen molar-refractivity contribution < 1.29 is 0 Å². The molecule has 1 unspecified atom stereocenters. The van der Waals surface area contributed by atoms with E-state index in [9.17, 15) is 0 Å². The summed E-state index contributed by atoms with van der Waals surface area (Å²) < 4.78 is 6.12. The van der Waals surface area contributed by atoms with E-state index < -0.39 is 39.1 Å². The molecule has 0 aliphatic rings. The Balaban J connectivity index is 7.44. The van der Waals surface area contributed by atoms with Crippen LogP contribution < -0.4 is 0 Å². The number of rotatable bonds is 6. The normalized spacial score (nSPS) is 16.7. The highest BCUT2D eigenvalue weighted by Gasteiger charge is 2.55. The lowest BCUT2D eigenvalue weighted by Gasteiger charge is -2.57. The average Bonchev–Trinajstić information content (AvgIpc) is 2.47. The molecule has 198 valence electrons. The summed E-state index contributed by atoms with van der Waals surface area (Å²) in [5, 5.41) is 1.19. The van der Waals surface area contributed by atoms with Crippen molar-refractivity contribution in [2.75, 3.05) is 0 Å². The minimum Gasteiger partial charge on any atom is -0.293 e. The van der Waals surface area contributed by atoms with E-state index in [4.69, 9.17) is 11.8 Å². The highest BCUT2D eigenvalue weighted by atomic mass is 32.5. The molecule has 0 aromatic rings. The van der Waals surface area contributed by atoms with Crippen molar-refractivity contribution in [2.24, 2.45) is 0 Å². The molecule has 9 heteroatoms. The number of hydrogen-bond donors (Lipinski definition) is 0. The summed E-state index contributed by atoms with van der Waals surface area (Å²) in [5.74, 6) is 0. The van der Waals surface area contributed by atoms with Crippen molar-refractivity contribution in [1.82, 2.24) is 8.00 Å². The summed E-state index contributed by atoms with van der Waals surface area (Å²) in [6.07, 6.45) is -0.703. The van der Waals surface area contributed by atoms with Crippen molar-refractivity contribution in [3.05, 3.63) is 0 Å². The molecule has 2 nitrogen and oxygen atoms in total. The van der Waals surface area contributed by atoms with Crippen molar-refractivity contribution in [3.8, 4) is 0 Å². The van der Waals surface area contributed by atoms with Gasteiger partial charge in [0.25, 0.3) is 0 Å². The first-order valence-electron chi connectivity index (χ1n) is 12.7. The fraction of sp³-hybridized carbons (Fsp3) is 1.00. The quantitative estimate of drug-likeness (QED) is 0.227. The summed E-state index contributed by atoms with van der Waals surface area (Å²) in [6.45, 7) is 50.5. The molecular weight excluding hydrogens is 523 g/mol. The van der Waals surface area contributed by atoms with Crippen LogP contribution in [0.1, 0.15) is 83.1 Å². The maximum absolute atomic E-state index is 6.70. The third-order valence-electron chi connectivity index (χ3n) is 9.80. The molecule has 0 aliphatic carbocycles. The van der Waals surface area contributed by atoms with Crippen LogP contribution in [0.5, 0.6) is 0 Å². The van der Waals surface area contributed by atoms with Gasteiger partial charge >= 0.3 is 0 Å². The molecule has 0 amide bonds. The molecule has 0 aromatic heterocycles. The van der Waals surface area contributed by atoms with Crippen LogP contribution in [0, 0.1) is 0 Å². The Kier molecular flexibility index (Phi) is 10.5. The van der Waals surface area contributed by atoms with Gasteiger partial charge in [-0.15, -0.1) is 0 Å². The number of hydrogen-bond acceptors (Lipinski definition) is 1. The number of nitrogens with zero attached hydrogens (tertiary/aromatic N) is 2. The molecule has 0 aromatic carbocycles. The third-order valence-corrected chi connectivity index (χ3v) is 49.5. The summed E-state index contributed by atoms with van der Waals surface area (Å²) >= 11 is 6.70. The minimum absolute atomic E-state index is 0.288. The topological polar surface area (TPSA) is 6.48 Å². The Morgan fingerprint density at radius 1 is 0.485 bits per heavy atom. The maximum Gasteiger partial charge on any atom is 0.130 e. The van der Waals surface area contributed by atoms with Gasteiger partial charge in [-0.25, -0.2) is 0 Å². The standard InChI is InChI=1S/C24H60N2P2SSi4/c1-21(2,3)30(13,14)25(31(15,16)22(4,5)6)27-28(29)26(32(17,18)23(7,8)9)33(19,20)24(10,11)12/h1-20H3. The second-order valence-electron chi connectivity index (χ2n) is 16.2. The van der Waals surface area contributed by atoms with E-state index in [2.05, 4.69) is 143 Å². The maximum atomic E-state index is 6.70. The second kappa shape index (κ2) is 10.1. The fourth-order valence-electron chi connectivity index (χ4n) is 3.44. The van der Waals surface area contributed by atoms with E-state index in [0.29, 0.717) is 10.1 Å². The molecule has 0 radical (unpaired) electrons. The average molecular weight is 583 g/mol. The van der Waals surface area contributed by atoms with Gasteiger partial charge in [0, 0.05) is 14.2 Å². The van der Waals surface area contributed by atoms with Crippen LogP contribution in [0.25, 0.3) is 0 Å². The fourth-order valence-corrected chi connectivity index (χ4v) is 46.7. The molecule has 0 fully saturated rings. The van der Waals surface area contributed by atoms with Crippen LogP contribution in [0.2, 0.25) is 72.5 Å². The lowest BCUT2D eigenvalue weighted by Crippen LogP contribution is -2.65. The summed E-state index contributed by atoms with van der Waals surface area (Å²) in [7, 11) is -5.68. The first-order valence-corrected chi connectivity index (χ1v) is 28.3. The molecule has 0 saturated heterocycles. The van der Waals surface area contributed by atoms with E-state index in [1.807, 2.05) is 0 Å². The lowest BCUT2D eigenvalue weighted by molar-refractivity contribution is 0.635. The van der Waals surface area contributed by atoms with Crippen LogP contribution >= 0.6 is 14.2 Å². The van der Waals surface area contributed by atoms with E-state index in [1.165, 1.54) is 8.02 Å². The van der Waals surface area contributed by atoms with Gasteiger partial charge in [-0.2, -0.15) is 0 Å². The molecule has 0 rings (SSSR count). The molecule has 1 atom stereocenters. The van der Waals surface area contributed by atoms with E-state index >= 15 is 0 Å². The summed E-state index contributed by atoms with van der Waals surface area (Å²) in [4.78, 5) is 0. The SMILES string of the molecule is CC(C)(C)[Si](C)(C)N(P=P(=S)N([Si](C)(C)C(C)(C)C)[Si](C)(C)C(C)(C)C)[Si](C)(C)C(C)(C)C. The van der Waals surface area contributed by atoms with Gasteiger partial charge in [0.1, 0.15) is 32.9 Å². The third kappa shape index (κ3) is 6.93. The smallest absolute Gasteiger partial charge is 0.130 e. The van der Waals surface area contributed by atoms with Gasteiger partial charge in [0.05, 0.1) is 0 Å². The van der Waals surface area contributed by atoms with E-state index in [0.717, 1.165) is 0 Å². The van der Waals surface area contributed by atoms with Crippen molar-refractivity contribution in [3.63, 3.8) is 0 Å². The molecule has 33 heavy (non-hydrogen) atoms. The van der Waals surface area contributed by atoms with Gasteiger partial charge in [0.2, 0.25) is 0 Å². The monoisotopic (exact) mass is 582 g/mol. The van der Waals surface area contributed by atoms with Gasteiger partial charge < -0.3 is 0 Å². The van der Waals surface area contributed by atoms with Crippen LogP contribution in [0.4, 0.5) is 0 Å². The van der Waals surface area contributed by atoms with Crippen LogP contribution in [-0.4, -0.2) is 40.9 Å². The van der Waals surface area contributed by atoms with Gasteiger partial charge in [-0.3, -0.25) is 8.00 Å². The first kappa shape index (κ1) is 34.6. The van der Waals surface area contributed by atoms with Crippen molar-refractivity contribution >= 4 is 58.9 Å². The highest BCUT2D eigenvalue weighted by Crippen LogP contribution is 2.57. The summed E-state index contributed by atoms with van der Waals surface area (Å²) in [6, 6.07) is 0. The Morgan fingerprint density at radius 2 is 0.697 bits per heavy atom. The minimum atomic E-state index is -1.80. The van der Waals surface area contributed by atoms with Gasteiger partial charge in [0.15, 0.2) is 0 Å². The van der Waals surface area contributed by atoms with Gasteiger partial charge in [-0.1, -0.05) is 135 Å². The Labute approximate surface area is 221 Å². The van der Waals surface area contributed by atoms with E-state index in [1.54, 1.807) is 0 Å². The Hall–Kier alpha value is 1.61. The van der Waals surface area contributed by atoms with E-state index in [-0.39, 0.29) is 10.1 Å². The predicted octanol–water partition coefficient (Wildman–Crippen LogP) is 11.2. The zero-order valence-electron chi connectivity index (χ0n) is 26.2. The van der Waals surface area contributed by atoms with Crippen molar-refractivity contribution in [1.29, 1.82) is 0 Å². The Morgan fingerprint density at radius 3 is 0.879 bits per heavy atom. The first-order chi connectivity index (χ1) is 13.9. The van der Waals surface area contributed by atoms with Crippen molar-refractivity contribution in [2.45, 2.75) is 156 Å².